The summed E-state index contributed by atoms with van der Waals surface area (Å²) >= 11 is 5.97. The number of aromatic amines is 1. The Labute approximate surface area is 178 Å². The van der Waals surface area contributed by atoms with Gasteiger partial charge < -0.3 is 14.7 Å². The third-order valence-corrected chi connectivity index (χ3v) is 5.70. The molecule has 0 saturated carbocycles. The molecule has 2 N–H and O–H groups in total. The number of carbonyl (C=O) groups is 1. The van der Waals surface area contributed by atoms with E-state index < -0.39 is 0 Å². The van der Waals surface area contributed by atoms with E-state index >= 15 is 0 Å². The molecule has 1 aliphatic rings. The summed E-state index contributed by atoms with van der Waals surface area (Å²) in [6.45, 7) is 4.12. The van der Waals surface area contributed by atoms with Crippen LogP contribution in [0.4, 0.5) is 0 Å². The lowest BCUT2D eigenvalue weighted by atomic mass is 10.00. The van der Waals surface area contributed by atoms with E-state index in [1.54, 1.807) is 24.3 Å². The van der Waals surface area contributed by atoms with Crippen LogP contribution in [0.25, 0.3) is 16.9 Å². The number of benzene rings is 2. The maximum Gasteiger partial charge on any atom is 0.280 e. The van der Waals surface area contributed by atoms with Crippen LogP contribution in [0.1, 0.15) is 32.9 Å². The van der Waals surface area contributed by atoms with Crippen LogP contribution in [-0.4, -0.2) is 26.3 Å². The van der Waals surface area contributed by atoms with Crippen molar-refractivity contribution in [3.8, 4) is 22.8 Å². The molecular formula is C24H18ClN3O2. The van der Waals surface area contributed by atoms with Crippen LogP contribution in [0, 0.1) is 13.8 Å². The van der Waals surface area contributed by atoms with E-state index in [1.807, 2.05) is 24.3 Å². The molecular weight excluding hydrogens is 398 g/mol. The molecule has 0 spiro atoms. The van der Waals surface area contributed by atoms with Gasteiger partial charge in [-0.05, 0) is 55.8 Å². The number of aryl methyl sites for hydroxylation is 2. The van der Waals surface area contributed by atoms with Crippen molar-refractivity contribution in [2.24, 2.45) is 4.99 Å². The van der Waals surface area contributed by atoms with E-state index in [1.165, 1.54) is 0 Å². The Morgan fingerprint density at radius 1 is 0.867 bits per heavy atom. The number of aromatic hydroxyl groups is 1. The van der Waals surface area contributed by atoms with Crippen LogP contribution in [-0.2, 0) is 0 Å². The highest BCUT2D eigenvalue weighted by molar-refractivity contribution is 6.32. The van der Waals surface area contributed by atoms with E-state index in [0.717, 1.165) is 28.2 Å². The first kappa shape index (κ1) is 18.5. The number of aromatic nitrogens is 2. The first-order chi connectivity index (χ1) is 14.4. The Balaban J connectivity index is 1.57. The molecule has 6 heteroatoms. The number of nitrogens with one attached hydrogen (secondary N) is 1. The lowest BCUT2D eigenvalue weighted by molar-refractivity contribution is 0.101. The molecule has 0 saturated heterocycles. The molecule has 2 aromatic heterocycles. The van der Waals surface area contributed by atoms with Gasteiger partial charge in [-0.2, -0.15) is 0 Å². The second-order valence-corrected chi connectivity index (χ2v) is 7.81. The van der Waals surface area contributed by atoms with E-state index in [2.05, 4.69) is 40.5 Å². The molecule has 4 aromatic rings. The van der Waals surface area contributed by atoms with Crippen molar-refractivity contribution in [1.82, 2.24) is 9.55 Å². The van der Waals surface area contributed by atoms with Crippen LogP contribution >= 0.6 is 11.6 Å². The number of aliphatic imine (C=N–C) groups is 1. The van der Waals surface area contributed by atoms with Crippen molar-refractivity contribution < 1.29 is 9.90 Å². The van der Waals surface area contributed by atoms with Gasteiger partial charge in [0.1, 0.15) is 0 Å². The second kappa shape index (κ2) is 6.75. The molecule has 5 rings (SSSR count). The monoisotopic (exact) mass is 415 g/mol. The zero-order valence-electron chi connectivity index (χ0n) is 16.4. The molecule has 148 valence electrons. The van der Waals surface area contributed by atoms with Gasteiger partial charge in [0.05, 0.1) is 22.5 Å². The third-order valence-electron chi connectivity index (χ3n) is 5.45. The van der Waals surface area contributed by atoms with Crippen molar-refractivity contribution in [2.45, 2.75) is 13.8 Å². The van der Waals surface area contributed by atoms with E-state index in [-0.39, 0.29) is 11.8 Å². The topological polar surface area (TPSA) is 70.4 Å². The van der Waals surface area contributed by atoms with Gasteiger partial charge in [0.15, 0.2) is 5.88 Å². The van der Waals surface area contributed by atoms with E-state index in [0.29, 0.717) is 27.6 Å². The molecule has 30 heavy (non-hydrogen) atoms. The van der Waals surface area contributed by atoms with Crippen LogP contribution in [0.15, 0.2) is 65.7 Å². The molecule has 0 fully saturated rings. The fourth-order valence-corrected chi connectivity index (χ4v) is 4.16. The van der Waals surface area contributed by atoms with Gasteiger partial charge in [0, 0.05) is 27.7 Å². The quantitative estimate of drug-likeness (QED) is 0.467. The number of fused-ring (bicyclic) bond motifs is 1. The molecule has 0 unspecified atom stereocenters. The van der Waals surface area contributed by atoms with Gasteiger partial charge >= 0.3 is 0 Å². The lowest BCUT2D eigenvalue weighted by Crippen LogP contribution is -1.99. The highest BCUT2D eigenvalue weighted by Gasteiger charge is 2.33. The fourth-order valence-electron chi connectivity index (χ4n) is 4.03. The zero-order valence-corrected chi connectivity index (χ0v) is 17.2. The summed E-state index contributed by atoms with van der Waals surface area (Å²) in [5.41, 5.74) is 6.69. The highest BCUT2D eigenvalue weighted by Crippen LogP contribution is 2.38. The predicted octanol–water partition coefficient (Wildman–Crippen LogP) is 5.44. The molecule has 0 aliphatic carbocycles. The van der Waals surface area contributed by atoms with Gasteiger partial charge in [-0.15, -0.1) is 0 Å². The molecule has 0 radical (unpaired) electrons. The largest absolute Gasteiger partial charge is 0.494 e. The fraction of sp³-hybridized carbons (Fsp3) is 0.0833. The number of hydrogen-bond donors (Lipinski definition) is 2. The van der Waals surface area contributed by atoms with Gasteiger partial charge in [0.2, 0.25) is 0 Å². The van der Waals surface area contributed by atoms with Crippen molar-refractivity contribution in [3.05, 3.63) is 93.8 Å². The minimum atomic E-state index is -0.373. The normalized spacial score (nSPS) is 12.9. The maximum absolute atomic E-state index is 12.7. The number of hydrogen-bond acceptors (Lipinski definition) is 2. The van der Waals surface area contributed by atoms with Crippen LogP contribution in [0.5, 0.6) is 5.88 Å². The Morgan fingerprint density at radius 3 is 2.10 bits per heavy atom. The second-order valence-electron chi connectivity index (χ2n) is 7.37. The number of halogens is 1. The summed E-state index contributed by atoms with van der Waals surface area (Å²) in [6.07, 6.45) is 0. The van der Waals surface area contributed by atoms with Gasteiger partial charge in [-0.3, -0.25) is 4.79 Å². The number of carbonyl (C=O) groups excluding carboxylic acids is 1. The van der Waals surface area contributed by atoms with Crippen molar-refractivity contribution in [1.29, 1.82) is 0 Å². The SMILES string of the molecule is Cc1ccc(C)n1-c1ccc(-c2[nH]c(O)c3c2C(=O)N=C3c2ccc(Cl)cc2)cc1. The Hall–Kier alpha value is -3.57. The Morgan fingerprint density at radius 2 is 1.47 bits per heavy atom. The van der Waals surface area contributed by atoms with Crippen molar-refractivity contribution >= 4 is 23.2 Å². The molecule has 0 bridgehead atoms. The standard InChI is InChI=1S/C24H18ClN3O2/c1-13-3-4-14(2)28(13)18-11-7-16(8-12-18)22-20-19(23(29)27-22)21(26-24(20)30)15-5-9-17(25)10-6-15/h3-12,27,29H,1-2H3. The predicted molar refractivity (Wildman–Crippen MR) is 118 cm³/mol. The Kier molecular flexibility index (Phi) is 4.15. The summed E-state index contributed by atoms with van der Waals surface area (Å²) < 4.78 is 2.16. The summed E-state index contributed by atoms with van der Waals surface area (Å²) in [5.74, 6) is -0.441. The molecule has 5 nitrogen and oxygen atoms in total. The minimum Gasteiger partial charge on any atom is -0.494 e. The molecule has 1 amide bonds. The third kappa shape index (κ3) is 2.78. The molecule has 1 aliphatic heterocycles. The molecule has 0 atom stereocenters. The van der Waals surface area contributed by atoms with Crippen molar-refractivity contribution in [3.63, 3.8) is 0 Å². The highest BCUT2D eigenvalue weighted by atomic mass is 35.5. The number of nitrogens with zero attached hydrogens (tertiary/aromatic N) is 2. The van der Waals surface area contributed by atoms with Crippen LogP contribution in [0.2, 0.25) is 5.02 Å². The van der Waals surface area contributed by atoms with Crippen LogP contribution < -0.4 is 0 Å². The summed E-state index contributed by atoms with van der Waals surface area (Å²) in [7, 11) is 0. The average Bonchev–Trinajstić information content (AvgIpc) is 3.37. The zero-order chi connectivity index (χ0) is 21.0. The molecule has 3 heterocycles. The first-order valence-corrected chi connectivity index (χ1v) is 9.92. The summed E-state index contributed by atoms with van der Waals surface area (Å²) in [5, 5.41) is 11.2. The smallest absolute Gasteiger partial charge is 0.280 e. The van der Waals surface area contributed by atoms with E-state index in [9.17, 15) is 9.90 Å². The number of amides is 1. The maximum atomic E-state index is 12.7. The summed E-state index contributed by atoms with van der Waals surface area (Å²) in [4.78, 5) is 19.9. The minimum absolute atomic E-state index is 0.0688. The van der Waals surface area contributed by atoms with E-state index in [4.69, 9.17) is 11.6 Å². The first-order valence-electron chi connectivity index (χ1n) is 9.54. The van der Waals surface area contributed by atoms with Crippen LogP contribution in [0.3, 0.4) is 0 Å². The number of H-pyrrole nitrogens is 1. The summed E-state index contributed by atoms with van der Waals surface area (Å²) in [6, 6.07) is 19.1. The Bertz CT molecular complexity index is 1310. The van der Waals surface area contributed by atoms with Gasteiger partial charge in [-0.1, -0.05) is 35.9 Å². The average molecular weight is 416 g/mol. The van der Waals surface area contributed by atoms with Gasteiger partial charge in [-0.25, -0.2) is 4.99 Å². The lowest BCUT2D eigenvalue weighted by Gasteiger charge is -2.10. The number of rotatable bonds is 3. The van der Waals surface area contributed by atoms with Crippen molar-refractivity contribution in [2.75, 3.05) is 0 Å². The molecule has 2 aromatic carbocycles. The van der Waals surface area contributed by atoms with Gasteiger partial charge in [0.25, 0.3) is 5.91 Å².